The number of β-amino-alcohol motifs (C(OH)–C–C–N with tert-alkyl or cyclic N) is 1. The van der Waals surface area contributed by atoms with E-state index in [0.717, 1.165) is 38.2 Å². The molecule has 3 amide bonds. The van der Waals surface area contributed by atoms with Crippen molar-refractivity contribution in [3.63, 3.8) is 0 Å². The topological polar surface area (TPSA) is 76.1 Å². The van der Waals surface area contributed by atoms with Gasteiger partial charge in [-0.1, -0.05) is 23.7 Å². The molecule has 0 radical (unpaired) electrons. The Morgan fingerprint density at radius 3 is 2.56 bits per heavy atom. The second-order valence-electron chi connectivity index (χ2n) is 10.1. The van der Waals surface area contributed by atoms with Gasteiger partial charge in [-0.15, -0.1) is 11.3 Å². The summed E-state index contributed by atoms with van der Waals surface area (Å²) in [7, 11) is 0. The van der Waals surface area contributed by atoms with Gasteiger partial charge in [-0.05, 0) is 55.5 Å². The van der Waals surface area contributed by atoms with Gasteiger partial charge in [0.05, 0.1) is 33.9 Å². The number of carbonyl (C=O) groups is 2. The Labute approximate surface area is 208 Å². The number of hydrogen-bond donors (Lipinski definition) is 2. The summed E-state index contributed by atoms with van der Waals surface area (Å²) >= 11 is 7.24. The molecule has 4 fully saturated rings. The number of urea groups is 1. The number of nitrogens with one attached hydrogen (secondary N) is 1. The van der Waals surface area contributed by atoms with Gasteiger partial charge in [0, 0.05) is 37.3 Å². The minimum Gasteiger partial charge on any atom is -0.392 e. The van der Waals surface area contributed by atoms with Gasteiger partial charge in [0.2, 0.25) is 0 Å². The van der Waals surface area contributed by atoms with Crippen LogP contribution in [0.4, 0.5) is 10.5 Å². The van der Waals surface area contributed by atoms with Crippen LogP contribution in [-0.2, 0) is 5.41 Å². The van der Waals surface area contributed by atoms with Gasteiger partial charge in [-0.25, -0.2) is 4.79 Å². The standard InChI is InChI=1S/C25H29ClN4O3S/c26-22-6-5-21(34-22)23(32)27-19-8-12-29-20(19)14-30(24(29)33)17-3-1-16(2-4-17)25(9-10-25)15-28-11-7-18(31)13-28/h1-6,18-20,31H,7-15H2,(H,27,32)/t18?,19-,20-/m1/s1. The van der Waals surface area contributed by atoms with Crippen LogP contribution in [-0.4, -0.2) is 77.8 Å². The van der Waals surface area contributed by atoms with Gasteiger partial charge in [-0.2, -0.15) is 0 Å². The van der Waals surface area contributed by atoms with E-state index < -0.39 is 0 Å². The van der Waals surface area contributed by atoms with Crippen LogP contribution in [0.25, 0.3) is 0 Å². The van der Waals surface area contributed by atoms with Crippen molar-refractivity contribution < 1.29 is 14.7 Å². The third-order valence-corrected chi connectivity index (χ3v) is 9.15. The third kappa shape index (κ3) is 4.00. The molecule has 2 aromatic rings. The van der Waals surface area contributed by atoms with Crippen molar-refractivity contribution in [3.05, 3.63) is 51.2 Å². The predicted molar refractivity (Wildman–Crippen MR) is 133 cm³/mol. The van der Waals surface area contributed by atoms with Crippen LogP contribution in [0.1, 0.15) is 40.9 Å². The zero-order valence-electron chi connectivity index (χ0n) is 19.0. The molecular weight excluding hydrogens is 472 g/mol. The molecule has 180 valence electrons. The summed E-state index contributed by atoms with van der Waals surface area (Å²) in [4.78, 5) is 32.5. The number of nitrogens with zero attached hydrogens (tertiary/aromatic N) is 3. The lowest BCUT2D eigenvalue weighted by molar-refractivity contribution is 0.0935. The van der Waals surface area contributed by atoms with Crippen LogP contribution in [0.15, 0.2) is 36.4 Å². The first-order valence-corrected chi connectivity index (χ1v) is 13.3. The Morgan fingerprint density at radius 1 is 1.12 bits per heavy atom. The highest BCUT2D eigenvalue weighted by Gasteiger charge is 2.48. The highest BCUT2D eigenvalue weighted by atomic mass is 35.5. The zero-order valence-corrected chi connectivity index (χ0v) is 20.5. The molecule has 4 heterocycles. The van der Waals surface area contributed by atoms with Gasteiger partial charge in [-0.3, -0.25) is 14.6 Å². The number of amides is 3. The van der Waals surface area contributed by atoms with E-state index in [4.69, 9.17) is 11.6 Å². The average Bonchev–Trinajstić information content (AvgIpc) is 3.16. The summed E-state index contributed by atoms with van der Waals surface area (Å²) in [6.45, 7) is 3.97. The molecule has 7 nitrogen and oxygen atoms in total. The lowest BCUT2D eigenvalue weighted by Gasteiger charge is -2.24. The molecule has 0 spiro atoms. The van der Waals surface area contributed by atoms with Crippen LogP contribution < -0.4 is 10.2 Å². The molecule has 1 aromatic carbocycles. The number of aliphatic hydroxyl groups excluding tert-OH is 1. The monoisotopic (exact) mass is 500 g/mol. The SMILES string of the molecule is O=C(N[C@@H]1CCN2C(=O)N(c3ccc(C4(CN5CCC(O)C5)CC4)cc3)C[C@H]12)c1ccc(Cl)s1. The fourth-order valence-electron chi connectivity index (χ4n) is 5.86. The molecule has 1 aliphatic carbocycles. The second-order valence-corrected chi connectivity index (χ2v) is 11.8. The van der Waals surface area contributed by atoms with Crippen LogP contribution in [0.5, 0.6) is 0 Å². The Bertz CT molecular complexity index is 1100. The van der Waals surface area contributed by atoms with Crippen molar-refractivity contribution in [2.75, 3.05) is 37.6 Å². The Balaban J connectivity index is 1.12. The van der Waals surface area contributed by atoms with Gasteiger partial charge < -0.3 is 15.3 Å². The highest BCUT2D eigenvalue weighted by molar-refractivity contribution is 7.18. The maximum atomic E-state index is 13.1. The maximum absolute atomic E-state index is 13.1. The van der Waals surface area contributed by atoms with Crippen molar-refractivity contribution in [2.45, 2.75) is 49.3 Å². The highest BCUT2D eigenvalue weighted by Crippen LogP contribution is 2.49. The number of hydrogen-bond acceptors (Lipinski definition) is 5. The minimum atomic E-state index is -0.189. The summed E-state index contributed by atoms with van der Waals surface area (Å²) in [6, 6.07) is 11.9. The molecule has 9 heteroatoms. The largest absolute Gasteiger partial charge is 0.392 e. The predicted octanol–water partition coefficient (Wildman–Crippen LogP) is 3.31. The molecule has 4 aliphatic rings. The average molecular weight is 501 g/mol. The van der Waals surface area contributed by atoms with Gasteiger partial charge in [0.1, 0.15) is 0 Å². The number of halogens is 1. The first-order chi connectivity index (χ1) is 16.4. The fourth-order valence-corrected chi connectivity index (χ4v) is 6.81. The number of aliphatic hydroxyl groups is 1. The lowest BCUT2D eigenvalue weighted by Crippen LogP contribution is -2.44. The first kappa shape index (κ1) is 22.3. The number of benzene rings is 1. The number of anilines is 1. The van der Waals surface area contributed by atoms with E-state index in [-0.39, 0.29) is 35.5 Å². The molecule has 2 N–H and O–H groups in total. The third-order valence-electron chi connectivity index (χ3n) is 7.92. The summed E-state index contributed by atoms with van der Waals surface area (Å²) < 4.78 is 0.592. The van der Waals surface area contributed by atoms with Crippen LogP contribution in [0, 0.1) is 0 Å². The van der Waals surface area contributed by atoms with Crippen molar-refractivity contribution in [3.8, 4) is 0 Å². The zero-order chi connectivity index (χ0) is 23.4. The van der Waals surface area contributed by atoms with Crippen molar-refractivity contribution in [2.24, 2.45) is 0 Å². The fraction of sp³-hybridized carbons (Fsp3) is 0.520. The molecule has 1 unspecified atom stereocenters. The normalized spacial score (nSPS) is 27.9. The molecular formula is C25H29ClN4O3S. The number of likely N-dealkylation sites (tertiary alicyclic amines) is 1. The Kier molecular flexibility index (Phi) is 5.60. The maximum Gasteiger partial charge on any atom is 0.324 e. The second kappa shape index (κ2) is 8.52. The van der Waals surface area contributed by atoms with E-state index in [9.17, 15) is 14.7 Å². The smallest absolute Gasteiger partial charge is 0.324 e. The minimum absolute atomic E-state index is 0.0147. The van der Waals surface area contributed by atoms with Gasteiger partial charge in [0.25, 0.3) is 5.91 Å². The summed E-state index contributed by atoms with van der Waals surface area (Å²) in [6.07, 6.45) is 3.79. The molecule has 1 aromatic heterocycles. The van der Waals surface area contributed by atoms with Gasteiger partial charge >= 0.3 is 6.03 Å². The first-order valence-electron chi connectivity index (χ1n) is 12.1. The number of rotatable bonds is 6. The van der Waals surface area contributed by atoms with E-state index in [1.165, 1.54) is 29.7 Å². The van der Waals surface area contributed by atoms with Crippen molar-refractivity contribution in [1.82, 2.24) is 15.1 Å². The molecule has 3 saturated heterocycles. The summed E-state index contributed by atoms with van der Waals surface area (Å²) in [5.41, 5.74) is 2.42. The number of carbonyl (C=O) groups excluding carboxylic acids is 2. The number of fused-ring (bicyclic) bond motifs is 1. The van der Waals surface area contributed by atoms with Crippen LogP contribution in [0.2, 0.25) is 4.34 Å². The van der Waals surface area contributed by atoms with Gasteiger partial charge in [0.15, 0.2) is 0 Å². The molecule has 3 atom stereocenters. The summed E-state index contributed by atoms with van der Waals surface area (Å²) in [5.74, 6) is -0.126. The molecule has 6 rings (SSSR count). The van der Waals surface area contributed by atoms with E-state index in [0.29, 0.717) is 22.3 Å². The quantitative estimate of drug-likeness (QED) is 0.638. The van der Waals surface area contributed by atoms with E-state index in [1.807, 2.05) is 9.80 Å². The van der Waals surface area contributed by atoms with Crippen molar-refractivity contribution in [1.29, 1.82) is 0 Å². The van der Waals surface area contributed by atoms with E-state index in [2.05, 4.69) is 34.5 Å². The Hall–Kier alpha value is -2.13. The van der Waals surface area contributed by atoms with E-state index >= 15 is 0 Å². The molecule has 3 aliphatic heterocycles. The van der Waals surface area contributed by atoms with E-state index in [1.54, 1.807) is 12.1 Å². The molecule has 34 heavy (non-hydrogen) atoms. The Morgan fingerprint density at radius 2 is 1.91 bits per heavy atom. The molecule has 1 saturated carbocycles. The van der Waals surface area contributed by atoms with Crippen LogP contribution in [0.3, 0.4) is 0 Å². The lowest BCUT2D eigenvalue weighted by atomic mass is 9.95. The number of thiophene rings is 1. The van der Waals surface area contributed by atoms with Crippen molar-refractivity contribution >= 4 is 40.6 Å². The summed E-state index contributed by atoms with van der Waals surface area (Å²) in [5, 5.41) is 13.0. The molecule has 0 bridgehead atoms. The van der Waals surface area contributed by atoms with Crippen LogP contribution >= 0.6 is 22.9 Å².